The summed E-state index contributed by atoms with van der Waals surface area (Å²) < 4.78 is 1.95. The van der Waals surface area contributed by atoms with E-state index in [1.165, 1.54) is 12.8 Å². The molecule has 1 saturated carbocycles. The van der Waals surface area contributed by atoms with Gasteiger partial charge in [-0.1, -0.05) is 5.92 Å². The summed E-state index contributed by atoms with van der Waals surface area (Å²) >= 11 is 0. The molecule has 0 unspecified atom stereocenters. The number of terminal acetylenes is 1. The van der Waals surface area contributed by atoms with Gasteiger partial charge < -0.3 is 10.3 Å². The number of rotatable bonds is 3. The molecule has 0 aliphatic heterocycles. The summed E-state index contributed by atoms with van der Waals surface area (Å²) in [7, 11) is 0. The van der Waals surface area contributed by atoms with Crippen molar-refractivity contribution < 1.29 is 0 Å². The third kappa shape index (κ3) is 2.08. The van der Waals surface area contributed by atoms with Crippen molar-refractivity contribution in [3.8, 4) is 23.6 Å². The Hall–Kier alpha value is -2.28. The van der Waals surface area contributed by atoms with Crippen LogP contribution in [0.4, 0.5) is 5.82 Å². The number of hydrogen-bond donors (Lipinski definition) is 1. The number of imidazole rings is 1. The van der Waals surface area contributed by atoms with Gasteiger partial charge in [0.05, 0.1) is 6.54 Å². The minimum Gasteiger partial charge on any atom is -0.383 e. The summed E-state index contributed by atoms with van der Waals surface area (Å²) in [6.07, 6.45) is 9.58. The molecule has 0 amide bonds. The van der Waals surface area contributed by atoms with Crippen molar-refractivity contribution in [3.63, 3.8) is 0 Å². The highest BCUT2D eigenvalue weighted by Gasteiger charge is 2.30. The van der Waals surface area contributed by atoms with Gasteiger partial charge in [0.1, 0.15) is 17.3 Å². The van der Waals surface area contributed by atoms with Crippen molar-refractivity contribution in [2.24, 2.45) is 0 Å². The molecule has 96 valence electrons. The van der Waals surface area contributed by atoms with E-state index in [1.807, 2.05) is 29.8 Å². The maximum atomic E-state index is 6.20. The Morgan fingerprint density at radius 2 is 2.26 bits per heavy atom. The molecular weight excluding hydrogens is 236 g/mol. The number of hydrogen-bond acceptors (Lipinski definition) is 3. The molecule has 4 heteroatoms. The van der Waals surface area contributed by atoms with Crippen LogP contribution in [0.15, 0.2) is 18.3 Å². The van der Waals surface area contributed by atoms with Crippen LogP contribution in [0.1, 0.15) is 30.3 Å². The first kappa shape index (κ1) is 11.8. The lowest BCUT2D eigenvalue weighted by molar-refractivity contribution is 0.762. The van der Waals surface area contributed by atoms with Gasteiger partial charge in [-0.2, -0.15) is 0 Å². The van der Waals surface area contributed by atoms with Crippen LogP contribution in [0.3, 0.4) is 0 Å². The first-order chi connectivity index (χ1) is 9.20. The fourth-order valence-corrected chi connectivity index (χ4v) is 2.21. The van der Waals surface area contributed by atoms with Crippen molar-refractivity contribution >= 4 is 5.82 Å². The molecule has 0 spiro atoms. The lowest BCUT2D eigenvalue weighted by Crippen LogP contribution is -2.05. The third-order valence-corrected chi connectivity index (χ3v) is 3.41. The number of aryl methyl sites for hydroxylation is 1. The highest BCUT2D eigenvalue weighted by atomic mass is 15.1. The molecule has 4 nitrogen and oxygen atoms in total. The number of pyridine rings is 1. The van der Waals surface area contributed by atoms with E-state index in [9.17, 15) is 0 Å². The zero-order valence-corrected chi connectivity index (χ0v) is 10.9. The summed E-state index contributed by atoms with van der Waals surface area (Å²) in [5, 5.41) is 0. The predicted molar refractivity (Wildman–Crippen MR) is 75.4 cm³/mol. The first-order valence-corrected chi connectivity index (χ1v) is 6.43. The Bertz CT molecular complexity index is 642. The molecule has 0 aromatic carbocycles. The van der Waals surface area contributed by atoms with E-state index in [0.717, 1.165) is 22.8 Å². The molecule has 0 bridgehead atoms. The van der Waals surface area contributed by atoms with Crippen LogP contribution in [-0.4, -0.2) is 14.5 Å². The second-order valence-corrected chi connectivity index (χ2v) is 4.96. The molecule has 2 aromatic rings. The topological polar surface area (TPSA) is 56.7 Å². The SMILES string of the molecule is C#CCn1c(C2CC2)nc(-c2ccc(C)nc2)c1N. The maximum Gasteiger partial charge on any atom is 0.132 e. The van der Waals surface area contributed by atoms with E-state index >= 15 is 0 Å². The first-order valence-electron chi connectivity index (χ1n) is 6.43. The van der Waals surface area contributed by atoms with Crippen LogP contribution in [0.2, 0.25) is 0 Å². The van der Waals surface area contributed by atoms with Crippen molar-refractivity contribution in [2.75, 3.05) is 5.73 Å². The summed E-state index contributed by atoms with van der Waals surface area (Å²) in [6, 6.07) is 3.96. The standard InChI is InChI=1S/C15H16N4/c1-3-8-19-14(16)13(18-15(19)11-6-7-11)12-5-4-10(2)17-9-12/h1,4-5,9,11H,6-8,16H2,2H3. The monoisotopic (exact) mass is 252 g/mol. The maximum absolute atomic E-state index is 6.20. The van der Waals surface area contributed by atoms with Gasteiger partial charge in [0.2, 0.25) is 0 Å². The molecule has 2 heterocycles. The van der Waals surface area contributed by atoms with Gasteiger partial charge in [0.15, 0.2) is 0 Å². The lowest BCUT2D eigenvalue weighted by Gasteiger charge is -2.04. The number of aromatic nitrogens is 3. The van der Waals surface area contributed by atoms with Crippen LogP contribution in [-0.2, 0) is 6.54 Å². The Morgan fingerprint density at radius 1 is 1.47 bits per heavy atom. The third-order valence-electron chi connectivity index (χ3n) is 3.41. The predicted octanol–water partition coefficient (Wildman–Crippen LogP) is 2.35. The number of nitrogens with two attached hydrogens (primary N) is 1. The van der Waals surface area contributed by atoms with Gasteiger partial charge >= 0.3 is 0 Å². The van der Waals surface area contributed by atoms with E-state index < -0.39 is 0 Å². The largest absolute Gasteiger partial charge is 0.383 e. The molecule has 1 fully saturated rings. The van der Waals surface area contributed by atoms with Gasteiger partial charge in [0.25, 0.3) is 0 Å². The second-order valence-electron chi connectivity index (χ2n) is 4.96. The van der Waals surface area contributed by atoms with Gasteiger partial charge in [0, 0.05) is 23.4 Å². The van der Waals surface area contributed by atoms with Crippen molar-refractivity contribution in [1.29, 1.82) is 0 Å². The molecule has 1 aliphatic rings. The Morgan fingerprint density at radius 3 is 2.84 bits per heavy atom. The van der Waals surface area contributed by atoms with E-state index in [4.69, 9.17) is 17.1 Å². The van der Waals surface area contributed by atoms with Crippen LogP contribution in [0, 0.1) is 19.3 Å². The van der Waals surface area contributed by atoms with E-state index in [-0.39, 0.29) is 0 Å². The van der Waals surface area contributed by atoms with Crippen LogP contribution >= 0.6 is 0 Å². The van der Waals surface area contributed by atoms with Crippen molar-refractivity contribution in [1.82, 2.24) is 14.5 Å². The molecular formula is C15H16N4. The van der Waals surface area contributed by atoms with Crippen LogP contribution in [0.5, 0.6) is 0 Å². The van der Waals surface area contributed by atoms with Gasteiger partial charge in [-0.05, 0) is 31.9 Å². The Kier molecular flexibility index (Phi) is 2.75. The Labute approximate surface area is 112 Å². The highest BCUT2D eigenvalue weighted by Crippen LogP contribution is 2.42. The quantitative estimate of drug-likeness (QED) is 0.853. The van der Waals surface area contributed by atoms with E-state index in [1.54, 1.807) is 0 Å². The highest BCUT2D eigenvalue weighted by molar-refractivity contribution is 5.70. The van der Waals surface area contributed by atoms with Gasteiger partial charge in [-0.3, -0.25) is 4.98 Å². The fraction of sp³-hybridized carbons (Fsp3) is 0.333. The Balaban J connectivity index is 2.09. The van der Waals surface area contributed by atoms with E-state index in [0.29, 0.717) is 18.3 Å². The average Bonchev–Trinajstić information content (AvgIpc) is 3.19. The van der Waals surface area contributed by atoms with Crippen molar-refractivity contribution in [3.05, 3.63) is 29.8 Å². The van der Waals surface area contributed by atoms with Crippen molar-refractivity contribution in [2.45, 2.75) is 32.2 Å². The second kappa shape index (κ2) is 4.43. The zero-order valence-electron chi connectivity index (χ0n) is 10.9. The number of nitrogen functional groups attached to an aromatic ring is 1. The normalized spacial score (nSPS) is 14.3. The molecule has 2 N–H and O–H groups in total. The van der Waals surface area contributed by atoms with Gasteiger partial charge in [-0.25, -0.2) is 4.98 Å². The molecule has 0 radical (unpaired) electrons. The summed E-state index contributed by atoms with van der Waals surface area (Å²) in [5.41, 5.74) is 8.92. The average molecular weight is 252 g/mol. The summed E-state index contributed by atoms with van der Waals surface area (Å²) in [5.74, 6) is 4.83. The van der Waals surface area contributed by atoms with Crippen LogP contribution < -0.4 is 5.73 Å². The van der Waals surface area contributed by atoms with Gasteiger partial charge in [-0.15, -0.1) is 6.42 Å². The number of anilines is 1. The molecule has 1 aliphatic carbocycles. The molecule has 0 saturated heterocycles. The fourth-order valence-electron chi connectivity index (χ4n) is 2.21. The molecule has 2 aromatic heterocycles. The summed E-state index contributed by atoms with van der Waals surface area (Å²) in [4.78, 5) is 8.99. The minimum atomic E-state index is 0.476. The van der Waals surface area contributed by atoms with E-state index in [2.05, 4.69) is 10.9 Å². The summed E-state index contributed by atoms with van der Waals surface area (Å²) in [6.45, 7) is 2.43. The smallest absolute Gasteiger partial charge is 0.132 e. The number of nitrogens with zero attached hydrogens (tertiary/aromatic N) is 3. The van der Waals surface area contributed by atoms with Crippen LogP contribution in [0.25, 0.3) is 11.3 Å². The zero-order chi connectivity index (χ0) is 13.4. The lowest BCUT2D eigenvalue weighted by atomic mass is 10.2. The minimum absolute atomic E-state index is 0.476. The molecule has 19 heavy (non-hydrogen) atoms. The molecule has 0 atom stereocenters. The molecule has 3 rings (SSSR count).